The summed E-state index contributed by atoms with van der Waals surface area (Å²) in [7, 11) is 1.55. The number of imide groups is 1. The summed E-state index contributed by atoms with van der Waals surface area (Å²) in [5.41, 5.74) is 0.740. The highest BCUT2D eigenvalue weighted by Gasteiger charge is 2.34. The number of furan rings is 1. The zero-order chi connectivity index (χ0) is 21.0. The first-order valence-electron chi connectivity index (χ1n) is 8.31. The van der Waals surface area contributed by atoms with E-state index < -0.39 is 27.9 Å². The van der Waals surface area contributed by atoms with E-state index in [1.54, 1.807) is 37.5 Å². The monoisotopic (exact) mass is 417 g/mol. The smallest absolute Gasteiger partial charge is 0.433 e. The van der Waals surface area contributed by atoms with Gasteiger partial charge in [-0.25, -0.2) is 0 Å². The van der Waals surface area contributed by atoms with Gasteiger partial charge in [0.05, 0.1) is 18.1 Å². The van der Waals surface area contributed by atoms with Crippen molar-refractivity contribution in [3.05, 3.63) is 62.7 Å². The number of amides is 3. The fraction of sp³-hybridized carbons (Fsp3) is 0.167. The number of carbonyl (C=O) groups excluding carboxylic acids is 3. The van der Waals surface area contributed by atoms with Gasteiger partial charge < -0.3 is 14.5 Å². The highest BCUT2D eigenvalue weighted by Crippen LogP contribution is 2.32. The molecule has 1 aromatic carbocycles. The zero-order valence-corrected chi connectivity index (χ0v) is 15.9. The van der Waals surface area contributed by atoms with Crippen molar-refractivity contribution >= 4 is 40.8 Å². The number of rotatable bonds is 7. The molecule has 1 aliphatic rings. The standard InChI is InChI=1S/C18H15N3O7S/c1-27-12-4-2-11(3-5-12)10-14-17(23)20(18(24)29-14)9-8-19-16(22)13-6-7-15(28-13)21(25)26/h2-7,10H,8-9H2,1H3,(H,19,22)/b14-10+. The van der Waals surface area contributed by atoms with Gasteiger partial charge in [-0.1, -0.05) is 12.1 Å². The topological polar surface area (TPSA) is 132 Å². The van der Waals surface area contributed by atoms with Crippen molar-refractivity contribution in [2.45, 2.75) is 0 Å². The van der Waals surface area contributed by atoms with E-state index in [2.05, 4.69) is 5.32 Å². The summed E-state index contributed by atoms with van der Waals surface area (Å²) < 4.78 is 9.86. The van der Waals surface area contributed by atoms with Crippen molar-refractivity contribution in [1.82, 2.24) is 10.2 Å². The molecule has 29 heavy (non-hydrogen) atoms. The number of nitrogens with zero attached hydrogens (tertiary/aromatic N) is 2. The lowest BCUT2D eigenvalue weighted by Gasteiger charge is -2.12. The molecule has 0 atom stereocenters. The Balaban J connectivity index is 1.57. The zero-order valence-electron chi connectivity index (χ0n) is 15.1. The molecular weight excluding hydrogens is 402 g/mol. The predicted molar refractivity (Wildman–Crippen MR) is 103 cm³/mol. The summed E-state index contributed by atoms with van der Waals surface area (Å²) >= 11 is 0.809. The summed E-state index contributed by atoms with van der Waals surface area (Å²) in [5.74, 6) is -1.25. The number of nitrogens with one attached hydrogen (secondary N) is 1. The molecule has 150 valence electrons. The van der Waals surface area contributed by atoms with Crippen LogP contribution in [-0.4, -0.2) is 47.1 Å². The van der Waals surface area contributed by atoms with E-state index in [0.29, 0.717) is 5.75 Å². The van der Waals surface area contributed by atoms with Gasteiger partial charge in [-0.3, -0.25) is 29.4 Å². The first-order chi connectivity index (χ1) is 13.9. The van der Waals surface area contributed by atoms with Crippen LogP contribution >= 0.6 is 11.8 Å². The lowest BCUT2D eigenvalue weighted by molar-refractivity contribution is -0.402. The molecule has 11 heteroatoms. The summed E-state index contributed by atoms with van der Waals surface area (Å²) in [6.07, 6.45) is 1.60. The summed E-state index contributed by atoms with van der Waals surface area (Å²) in [6.45, 7) is -0.0691. The summed E-state index contributed by atoms with van der Waals surface area (Å²) in [5, 5.41) is 12.6. The van der Waals surface area contributed by atoms with Gasteiger partial charge in [-0.05, 0) is 41.6 Å². The maximum Gasteiger partial charge on any atom is 0.433 e. The molecule has 3 amide bonds. The first-order valence-corrected chi connectivity index (χ1v) is 9.12. The van der Waals surface area contributed by atoms with Crippen molar-refractivity contribution in [1.29, 1.82) is 0 Å². The van der Waals surface area contributed by atoms with Crippen molar-refractivity contribution < 1.29 is 28.5 Å². The van der Waals surface area contributed by atoms with Crippen molar-refractivity contribution in [2.24, 2.45) is 0 Å². The number of nitro groups is 1. The molecule has 2 heterocycles. The second kappa shape index (κ2) is 8.61. The molecule has 1 N–H and O–H groups in total. The second-order valence-electron chi connectivity index (χ2n) is 5.76. The number of hydrogen-bond acceptors (Lipinski definition) is 8. The molecular formula is C18H15N3O7S. The molecule has 1 aromatic heterocycles. The molecule has 0 aliphatic carbocycles. The van der Waals surface area contributed by atoms with Crippen LogP contribution < -0.4 is 10.1 Å². The molecule has 2 aromatic rings. The molecule has 1 saturated heterocycles. The van der Waals surface area contributed by atoms with Gasteiger partial charge in [-0.15, -0.1) is 0 Å². The number of methoxy groups -OCH3 is 1. The van der Waals surface area contributed by atoms with E-state index in [4.69, 9.17) is 9.15 Å². The van der Waals surface area contributed by atoms with E-state index in [9.17, 15) is 24.5 Å². The highest BCUT2D eigenvalue weighted by molar-refractivity contribution is 8.18. The molecule has 10 nitrogen and oxygen atoms in total. The van der Waals surface area contributed by atoms with Crippen molar-refractivity contribution in [3.63, 3.8) is 0 Å². The number of carbonyl (C=O) groups is 3. The number of thioether (sulfide) groups is 1. The van der Waals surface area contributed by atoms with Gasteiger partial charge in [0.2, 0.25) is 0 Å². The molecule has 1 fully saturated rings. The van der Waals surface area contributed by atoms with Crippen LogP contribution in [-0.2, 0) is 4.79 Å². The van der Waals surface area contributed by atoms with E-state index in [-0.39, 0.29) is 23.8 Å². The SMILES string of the molecule is COc1ccc(/C=C2/SC(=O)N(CCNC(=O)c3ccc([N+](=O)[O-])o3)C2=O)cc1. The van der Waals surface area contributed by atoms with E-state index in [1.165, 1.54) is 6.07 Å². The minimum atomic E-state index is -0.758. The fourth-order valence-corrected chi connectivity index (χ4v) is 3.33. The Labute approximate surface area is 168 Å². The first kappa shape index (κ1) is 20.1. The number of benzene rings is 1. The minimum absolute atomic E-state index is 0.0266. The molecule has 0 bridgehead atoms. The van der Waals surface area contributed by atoms with Gasteiger partial charge in [0.15, 0.2) is 5.76 Å². The average Bonchev–Trinajstić information content (AvgIpc) is 3.30. The van der Waals surface area contributed by atoms with Gasteiger partial charge in [0, 0.05) is 13.1 Å². The van der Waals surface area contributed by atoms with Crippen LogP contribution in [0.5, 0.6) is 5.75 Å². The molecule has 0 saturated carbocycles. The second-order valence-corrected chi connectivity index (χ2v) is 6.75. The molecule has 1 aliphatic heterocycles. The Morgan fingerprint density at radius 3 is 2.62 bits per heavy atom. The van der Waals surface area contributed by atoms with Gasteiger partial charge in [0.1, 0.15) is 10.7 Å². The van der Waals surface area contributed by atoms with Crippen LogP contribution in [0.25, 0.3) is 6.08 Å². The quantitative estimate of drug-likeness (QED) is 0.413. The lowest BCUT2D eigenvalue weighted by Crippen LogP contribution is -2.37. The summed E-state index contributed by atoms with van der Waals surface area (Å²) in [4.78, 5) is 47.6. The average molecular weight is 417 g/mol. The van der Waals surface area contributed by atoms with Crippen LogP contribution in [0.15, 0.2) is 45.7 Å². The summed E-state index contributed by atoms with van der Waals surface area (Å²) in [6, 6.07) is 9.24. The molecule has 0 spiro atoms. The Hall–Kier alpha value is -3.60. The number of ether oxygens (including phenoxy) is 1. The van der Waals surface area contributed by atoms with Crippen LogP contribution in [0.4, 0.5) is 10.7 Å². The molecule has 0 unspecified atom stereocenters. The Morgan fingerprint density at radius 2 is 2.00 bits per heavy atom. The van der Waals surface area contributed by atoms with Crippen LogP contribution in [0.3, 0.4) is 0 Å². The van der Waals surface area contributed by atoms with Gasteiger partial charge in [-0.2, -0.15) is 0 Å². The molecule has 0 radical (unpaired) electrons. The van der Waals surface area contributed by atoms with Gasteiger partial charge in [0.25, 0.3) is 17.1 Å². The maximum atomic E-state index is 12.5. The Kier molecular flexibility index (Phi) is 5.98. The lowest BCUT2D eigenvalue weighted by atomic mass is 10.2. The third kappa shape index (κ3) is 4.63. The fourth-order valence-electron chi connectivity index (χ4n) is 2.46. The largest absolute Gasteiger partial charge is 0.497 e. The van der Waals surface area contributed by atoms with E-state index in [1.807, 2.05) is 0 Å². The maximum absolute atomic E-state index is 12.5. The van der Waals surface area contributed by atoms with E-state index in [0.717, 1.165) is 28.3 Å². The highest BCUT2D eigenvalue weighted by atomic mass is 32.2. The van der Waals surface area contributed by atoms with Crippen LogP contribution in [0, 0.1) is 10.1 Å². The Morgan fingerprint density at radius 1 is 1.28 bits per heavy atom. The third-order valence-electron chi connectivity index (χ3n) is 3.90. The minimum Gasteiger partial charge on any atom is -0.497 e. The Bertz CT molecular complexity index is 997. The van der Waals surface area contributed by atoms with Crippen LogP contribution in [0.1, 0.15) is 16.1 Å². The normalized spacial score (nSPS) is 15.1. The van der Waals surface area contributed by atoms with Gasteiger partial charge >= 0.3 is 5.88 Å². The third-order valence-corrected chi connectivity index (χ3v) is 4.81. The van der Waals surface area contributed by atoms with Crippen molar-refractivity contribution in [2.75, 3.05) is 20.2 Å². The van der Waals surface area contributed by atoms with Crippen LogP contribution in [0.2, 0.25) is 0 Å². The predicted octanol–water partition coefficient (Wildman–Crippen LogP) is 2.66. The number of hydrogen-bond donors (Lipinski definition) is 1. The molecule has 3 rings (SSSR count). The van der Waals surface area contributed by atoms with E-state index >= 15 is 0 Å². The van der Waals surface area contributed by atoms with Crippen molar-refractivity contribution in [3.8, 4) is 5.75 Å².